The number of pyridine rings is 1. The van der Waals surface area contributed by atoms with Gasteiger partial charge >= 0.3 is 0 Å². The first kappa shape index (κ1) is 13.3. The van der Waals surface area contributed by atoms with Crippen LogP contribution in [0.15, 0.2) is 39.2 Å². The van der Waals surface area contributed by atoms with Crippen LogP contribution in [0.25, 0.3) is 0 Å². The summed E-state index contributed by atoms with van der Waals surface area (Å²) in [5, 5.41) is 9.46. The van der Waals surface area contributed by atoms with Crippen LogP contribution in [0.5, 0.6) is 0 Å². The lowest BCUT2D eigenvalue weighted by atomic mass is 10.2. The fraction of sp³-hybridized carbons (Fsp3) is 0.231. The molecule has 0 aromatic carbocycles. The fourth-order valence-corrected chi connectivity index (χ4v) is 2.44. The number of rotatable bonds is 4. The molecule has 5 nitrogen and oxygen atoms in total. The number of nitrogens with zero attached hydrogens (tertiary/aromatic N) is 3. The standard InChI is InChI=1S/C13H12N4OS/c1-2-4-9-7-12(18)17-13(16-9)19-11-5-3-6-15-10(11)8-14/h3,5-7H,2,4H2,1H3,(H,16,17,18). The lowest BCUT2D eigenvalue weighted by Gasteiger charge is -2.04. The minimum Gasteiger partial charge on any atom is -0.301 e. The van der Waals surface area contributed by atoms with Gasteiger partial charge in [0.2, 0.25) is 0 Å². The Morgan fingerprint density at radius 3 is 3.11 bits per heavy atom. The predicted octanol–water partition coefficient (Wildman–Crippen LogP) is 2.14. The van der Waals surface area contributed by atoms with Gasteiger partial charge in [-0.05, 0) is 30.3 Å². The molecule has 0 fully saturated rings. The SMILES string of the molecule is CCCc1cc(=O)[nH]c(Sc2cccnc2C#N)n1. The lowest BCUT2D eigenvalue weighted by Crippen LogP contribution is -2.09. The molecule has 0 unspecified atom stereocenters. The van der Waals surface area contributed by atoms with E-state index in [1.807, 2.05) is 13.0 Å². The highest BCUT2D eigenvalue weighted by molar-refractivity contribution is 7.99. The Hall–Kier alpha value is -2.13. The van der Waals surface area contributed by atoms with Crippen molar-refractivity contribution in [2.75, 3.05) is 0 Å². The summed E-state index contributed by atoms with van der Waals surface area (Å²) in [5.41, 5.74) is 0.913. The van der Waals surface area contributed by atoms with Gasteiger partial charge in [-0.1, -0.05) is 13.3 Å². The zero-order valence-corrected chi connectivity index (χ0v) is 11.2. The molecule has 0 aliphatic carbocycles. The minimum atomic E-state index is -0.177. The van der Waals surface area contributed by atoms with Gasteiger partial charge in [0.25, 0.3) is 5.56 Å². The molecule has 0 saturated heterocycles. The van der Waals surface area contributed by atoms with Crippen molar-refractivity contribution in [2.45, 2.75) is 29.8 Å². The molecule has 0 aliphatic heterocycles. The zero-order valence-electron chi connectivity index (χ0n) is 10.4. The van der Waals surface area contributed by atoms with Crippen LogP contribution in [-0.4, -0.2) is 15.0 Å². The summed E-state index contributed by atoms with van der Waals surface area (Å²) in [6, 6.07) is 7.05. The second-order valence-corrected chi connectivity index (χ2v) is 4.89. The van der Waals surface area contributed by atoms with Crippen LogP contribution in [0.4, 0.5) is 0 Å². The molecule has 0 bridgehead atoms. The highest BCUT2D eigenvalue weighted by Crippen LogP contribution is 2.25. The van der Waals surface area contributed by atoms with Crippen molar-refractivity contribution in [3.63, 3.8) is 0 Å². The predicted molar refractivity (Wildman–Crippen MR) is 71.9 cm³/mol. The molecule has 96 valence electrons. The number of aromatic amines is 1. The van der Waals surface area contributed by atoms with Crippen LogP contribution >= 0.6 is 11.8 Å². The van der Waals surface area contributed by atoms with Crippen molar-refractivity contribution in [1.82, 2.24) is 15.0 Å². The van der Waals surface area contributed by atoms with Gasteiger partial charge in [-0.2, -0.15) is 5.26 Å². The van der Waals surface area contributed by atoms with Crippen molar-refractivity contribution >= 4 is 11.8 Å². The summed E-state index contributed by atoms with van der Waals surface area (Å²) in [4.78, 5) is 23.2. The van der Waals surface area contributed by atoms with Crippen molar-refractivity contribution in [1.29, 1.82) is 5.26 Å². The second kappa shape index (κ2) is 6.16. The van der Waals surface area contributed by atoms with Gasteiger partial charge in [0.15, 0.2) is 10.9 Å². The van der Waals surface area contributed by atoms with Gasteiger partial charge in [-0.25, -0.2) is 9.97 Å². The van der Waals surface area contributed by atoms with E-state index in [9.17, 15) is 4.79 Å². The van der Waals surface area contributed by atoms with Crippen LogP contribution in [0, 0.1) is 11.3 Å². The van der Waals surface area contributed by atoms with E-state index in [4.69, 9.17) is 5.26 Å². The number of aromatic nitrogens is 3. The van der Waals surface area contributed by atoms with Crippen molar-refractivity contribution in [3.05, 3.63) is 46.1 Å². The molecule has 0 atom stereocenters. The van der Waals surface area contributed by atoms with E-state index in [0.717, 1.165) is 18.5 Å². The second-order valence-electron chi connectivity index (χ2n) is 3.86. The Labute approximate surface area is 114 Å². The van der Waals surface area contributed by atoms with Gasteiger partial charge in [-0.3, -0.25) is 4.79 Å². The van der Waals surface area contributed by atoms with E-state index in [-0.39, 0.29) is 5.56 Å². The van der Waals surface area contributed by atoms with Crippen molar-refractivity contribution in [2.24, 2.45) is 0 Å². The number of hydrogen-bond acceptors (Lipinski definition) is 5. The molecule has 2 aromatic rings. The molecule has 19 heavy (non-hydrogen) atoms. The van der Waals surface area contributed by atoms with E-state index in [0.29, 0.717) is 15.7 Å². The Kier molecular flexibility index (Phi) is 4.31. The third-order valence-electron chi connectivity index (χ3n) is 2.36. The number of nitriles is 1. The van der Waals surface area contributed by atoms with E-state index >= 15 is 0 Å². The fourth-order valence-electron chi connectivity index (χ4n) is 1.58. The summed E-state index contributed by atoms with van der Waals surface area (Å²) < 4.78 is 0. The average molecular weight is 272 g/mol. The molecule has 1 N–H and O–H groups in total. The minimum absolute atomic E-state index is 0.177. The zero-order chi connectivity index (χ0) is 13.7. The summed E-state index contributed by atoms with van der Waals surface area (Å²) in [5.74, 6) is 0. The molecule has 0 amide bonds. The lowest BCUT2D eigenvalue weighted by molar-refractivity contribution is 0.815. The van der Waals surface area contributed by atoms with E-state index in [2.05, 4.69) is 15.0 Å². The largest absolute Gasteiger partial charge is 0.301 e. The van der Waals surface area contributed by atoms with Crippen LogP contribution in [0.2, 0.25) is 0 Å². The monoisotopic (exact) mass is 272 g/mol. The van der Waals surface area contributed by atoms with Crippen LogP contribution in [0.3, 0.4) is 0 Å². The molecule has 0 saturated carbocycles. The topological polar surface area (TPSA) is 82.4 Å². The Morgan fingerprint density at radius 1 is 1.53 bits per heavy atom. The molecule has 0 radical (unpaired) electrons. The maximum Gasteiger partial charge on any atom is 0.251 e. The van der Waals surface area contributed by atoms with Gasteiger partial charge in [0.1, 0.15) is 6.07 Å². The maximum atomic E-state index is 11.5. The first-order chi connectivity index (χ1) is 9.22. The van der Waals surface area contributed by atoms with E-state index in [1.54, 1.807) is 18.3 Å². The summed E-state index contributed by atoms with van der Waals surface area (Å²) >= 11 is 1.24. The Morgan fingerprint density at radius 2 is 2.37 bits per heavy atom. The summed E-state index contributed by atoms with van der Waals surface area (Å²) in [7, 11) is 0. The third kappa shape index (κ3) is 3.42. The van der Waals surface area contributed by atoms with E-state index < -0.39 is 0 Å². The Bertz CT molecular complexity index is 675. The molecule has 2 heterocycles. The number of hydrogen-bond donors (Lipinski definition) is 1. The number of H-pyrrole nitrogens is 1. The van der Waals surface area contributed by atoms with Crippen LogP contribution in [0.1, 0.15) is 24.7 Å². The smallest absolute Gasteiger partial charge is 0.251 e. The first-order valence-corrected chi connectivity index (χ1v) is 6.67. The molecule has 0 aliphatic rings. The highest BCUT2D eigenvalue weighted by atomic mass is 32.2. The van der Waals surface area contributed by atoms with Gasteiger partial charge < -0.3 is 4.98 Å². The third-order valence-corrected chi connectivity index (χ3v) is 3.30. The van der Waals surface area contributed by atoms with Crippen molar-refractivity contribution < 1.29 is 0 Å². The number of nitrogens with one attached hydrogen (secondary N) is 1. The molecular formula is C13H12N4OS. The molecule has 2 rings (SSSR count). The first-order valence-electron chi connectivity index (χ1n) is 5.86. The summed E-state index contributed by atoms with van der Waals surface area (Å²) in [6.45, 7) is 2.03. The van der Waals surface area contributed by atoms with Crippen LogP contribution < -0.4 is 5.56 Å². The normalized spacial score (nSPS) is 10.1. The molecule has 0 spiro atoms. The van der Waals surface area contributed by atoms with Gasteiger partial charge in [0, 0.05) is 18.0 Å². The van der Waals surface area contributed by atoms with Crippen molar-refractivity contribution in [3.8, 4) is 6.07 Å². The quantitative estimate of drug-likeness (QED) is 0.862. The molecule has 6 heteroatoms. The number of aryl methyl sites for hydroxylation is 1. The van der Waals surface area contributed by atoms with Gasteiger partial charge in [0.05, 0.1) is 4.90 Å². The Balaban J connectivity index is 2.33. The maximum absolute atomic E-state index is 11.5. The van der Waals surface area contributed by atoms with E-state index in [1.165, 1.54) is 17.8 Å². The molecular weight excluding hydrogens is 260 g/mol. The molecule has 2 aromatic heterocycles. The average Bonchev–Trinajstić information content (AvgIpc) is 2.39. The summed E-state index contributed by atoms with van der Waals surface area (Å²) in [6.07, 6.45) is 3.25. The van der Waals surface area contributed by atoms with Gasteiger partial charge in [-0.15, -0.1) is 0 Å². The highest BCUT2D eigenvalue weighted by Gasteiger charge is 2.07. The van der Waals surface area contributed by atoms with Crippen LogP contribution in [-0.2, 0) is 6.42 Å².